The number of anilines is 1. The molecule has 3 aromatic rings. The van der Waals surface area contributed by atoms with Crippen molar-refractivity contribution < 1.29 is 18.0 Å². The Hall–Kier alpha value is -3.07. The number of carbonyl (C=O) groups is 2. The Kier molecular flexibility index (Phi) is 9.77. The number of benzene rings is 3. The quantitative estimate of drug-likeness (QED) is 0.310. The van der Waals surface area contributed by atoms with Crippen LogP contribution in [0.2, 0.25) is 10.0 Å². The van der Waals surface area contributed by atoms with Gasteiger partial charge in [0.1, 0.15) is 12.6 Å². The number of hydrogen-bond acceptors (Lipinski definition) is 4. The average molecular weight is 603 g/mol. The molecule has 40 heavy (non-hydrogen) atoms. The number of carbonyl (C=O) groups excluding carboxylic acids is 2. The van der Waals surface area contributed by atoms with Gasteiger partial charge in [0, 0.05) is 22.6 Å². The van der Waals surface area contributed by atoms with Gasteiger partial charge in [-0.1, -0.05) is 78.0 Å². The Morgan fingerprint density at radius 1 is 0.975 bits per heavy atom. The lowest BCUT2D eigenvalue weighted by Gasteiger charge is -2.32. The summed E-state index contributed by atoms with van der Waals surface area (Å²) >= 11 is 12.6. The van der Waals surface area contributed by atoms with Gasteiger partial charge in [-0.2, -0.15) is 0 Å². The van der Waals surface area contributed by atoms with E-state index in [1.807, 2.05) is 6.92 Å². The van der Waals surface area contributed by atoms with Crippen LogP contribution in [-0.2, 0) is 26.2 Å². The Balaban J connectivity index is 1.69. The highest BCUT2D eigenvalue weighted by Gasteiger charge is 2.33. The second-order valence-corrected chi connectivity index (χ2v) is 12.8. The zero-order valence-electron chi connectivity index (χ0n) is 22.5. The van der Waals surface area contributed by atoms with Crippen molar-refractivity contribution >= 4 is 50.7 Å². The van der Waals surface area contributed by atoms with Gasteiger partial charge in [0.2, 0.25) is 11.8 Å². The Morgan fingerprint density at radius 2 is 1.65 bits per heavy atom. The predicted molar refractivity (Wildman–Crippen MR) is 159 cm³/mol. The van der Waals surface area contributed by atoms with Gasteiger partial charge in [-0.3, -0.25) is 13.9 Å². The second-order valence-electron chi connectivity index (χ2n) is 10.1. The molecule has 7 nitrogen and oxygen atoms in total. The minimum Gasteiger partial charge on any atom is -0.352 e. The molecule has 0 saturated heterocycles. The van der Waals surface area contributed by atoms with E-state index in [1.165, 1.54) is 23.1 Å². The van der Waals surface area contributed by atoms with Crippen molar-refractivity contribution in [2.24, 2.45) is 0 Å². The van der Waals surface area contributed by atoms with E-state index in [1.54, 1.807) is 61.5 Å². The summed E-state index contributed by atoms with van der Waals surface area (Å²) in [5.41, 5.74) is 1.79. The number of amides is 2. The normalized spacial score (nSPS) is 14.5. The van der Waals surface area contributed by atoms with E-state index in [0.29, 0.717) is 15.6 Å². The first-order chi connectivity index (χ1) is 19.1. The fourth-order valence-electron chi connectivity index (χ4n) is 4.78. The van der Waals surface area contributed by atoms with Crippen molar-refractivity contribution in [2.75, 3.05) is 10.8 Å². The maximum Gasteiger partial charge on any atom is 0.264 e. The largest absolute Gasteiger partial charge is 0.352 e. The van der Waals surface area contributed by atoms with Crippen LogP contribution in [0, 0.1) is 6.92 Å². The van der Waals surface area contributed by atoms with Crippen molar-refractivity contribution in [3.8, 4) is 0 Å². The van der Waals surface area contributed by atoms with Crippen molar-refractivity contribution in [3.05, 3.63) is 94.0 Å². The summed E-state index contributed by atoms with van der Waals surface area (Å²) in [6, 6.07) is 19.0. The van der Waals surface area contributed by atoms with Crippen molar-refractivity contribution in [3.63, 3.8) is 0 Å². The molecular weight excluding hydrogens is 569 g/mol. The Morgan fingerprint density at radius 3 is 2.30 bits per heavy atom. The molecule has 1 fully saturated rings. The third-order valence-corrected chi connectivity index (χ3v) is 9.54. The lowest BCUT2D eigenvalue weighted by Crippen LogP contribution is -2.52. The van der Waals surface area contributed by atoms with E-state index in [-0.39, 0.29) is 29.1 Å². The number of rotatable bonds is 10. The fraction of sp³-hybridized carbons (Fsp3) is 0.333. The van der Waals surface area contributed by atoms with Crippen LogP contribution in [0.1, 0.15) is 43.7 Å². The zero-order chi connectivity index (χ0) is 28.9. The SMILES string of the molecule is Cc1ccc(S(=O)(=O)N(CC(=O)N(Cc2ccccc2Cl)[C@@H](C)C(=O)NC2CCCC2)c2cccc(Cl)c2)cc1. The first-order valence-corrected chi connectivity index (χ1v) is 15.4. The van der Waals surface area contributed by atoms with Gasteiger partial charge in [-0.05, 0) is 68.7 Å². The number of halogens is 2. The maximum absolute atomic E-state index is 14.0. The lowest BCUT2D eigenvalue weighted by molar-refractivity contribution is -0.139. The van der Waals surface area contributed by atoms with E-state index < -0.39 is 28.5 Å². The van der Waals surface area contributed by atoms with Crippen LogP contribution in [0.25, 0.3) is 0 Å². The van der Waals surface area contributed by atoms with Gasteiger partial charge in [-0.15, -0.1) is 0 Å². The minimum atomic E-state index is -4.16. The van der Waals surface area contributed by atoms with Crippen LogP contribution in [0.15, 0.2) is 77.7 Å². The van der Waals surface area contributed by atoms with Crippen molar-refractivity contribution in [1.82, 2.24) is 10.2 Å². The van der Waals surface area contributed by atoms with Gasteiger partial charge in [0.05, 0.1) is 10.6 Å². The third-order valence-electron chi connectivity index (χ3n) is 7.15. The number of sulfonamides is 1. The van der Waals surface area contributed by atoms with Crippen LogP contribution in [0.3, 0.4) is 0 Å². The lowest BCUT2D eigenvalue weighted by atomic mass is 10.1. The number of hydrogen-bond donors (Lipinski definition) is 1. The van der Waals surface area contributed by atoms with Crippen LogP contribution in [-0.4, -0.2) is 43.8 Å². The molecule has 0 unspecified atom stereocenters. The molecular formula is C30H33Cl2N3O4S. The highest BCUT2D eigenvalue weighted by molar-refractivity contribution is 7.92. The van der Waals surface area contributed by atoms with Gasteiger partial charge in [-0.25, -0.2) is 8.42 Å². The topological polar surface area (TPSA) is 86.8 Å². The predicted octanol–water partition coefficient (Wildman–Crippen LogP) is 5.97. The van der Waals surface area contributed by atoms with Gasteiger partial charge < -0.3 is 10.2 Å². The van der Waals surface area contributed by atoms with Crippen LogP contribution < -0.4 is 9.62 Å². The molecule has 1 saturated carbocycles. The molecule has 0 heterocycles. The Bertz CT molecular complexity index is 1460. The second kappa shape index (κ2) is 13.1. The maximum atomic E-state index is 14.0. The van der Waals surface area contributed by atoms with Crippen molar-refractivity contribution in [2.45, 2.75) is 63.1 Å². The van der Waals surface area contributed by atoms with Crippen LogP contribution >= 0.6 is 23.2 Å². The molecule has 212 valence electrons. The summed E-state index contributed by atoms with van der Waals surface area (Å²) in [6.45, 7) is 3.00. The molecule has 1 N–H and O–H groups in total. The van der Waals surface area contributed by atoms with E-state index in [2.05, 4.69) is 5.32 Å². The number of nitrogens with zero attached hydrogens (tertiary/aromatic N) is 2. The molecule has 0 bridgehead atoms. The standard InChI is InChI=1S/C30H33Cl2N3O4S/c1-21-14-16-27(17-15-21)40(38,39)35(26-12-7-9-24(31)18-26)20-29(36)34(19-23-8-3-6-13-28(23)32)22(2)30(37)33-25-10-4-5-11-25/h3,6-9,12-18,22,25H,4-5,10-11,19-20H2,1-2H3,(H,33,37)/t22-/m0/s1. The highest BCUT2D eigenvalue weighted by atomic mass is 35.5. The summed E-state index contributed by atoms with van der Waals surface area (Å²) in [4.78, 5) is 28.7. The van der Waals surface area contributed by atoms with Gasteiger partial charge >= 0.3 is 0 Å². The monoisotopic (exact) mass is 601 g/mol. The van der Waals surface area contributed by atoms with E-state index >= 15 is 0 Å². The molecule has 1 aliphatic rings. The molecule has 1 atom stereocenters. The zero-order valence-corrected chi connectivity index (χ0v) is 24.8. The number of aryl methyl sites for hydroxylation is 1. The van der Waals surface area contributed by atoms with E-state index in [9.17, 15) is 18.0 Å². The molecule has 0 spiro atoms. The first kappa shape index (κ1) is 29.9. The summed E-state index contributed by atoms with van der Waals surface area (Å²) in [7, 11) is -4.16. The summed E-state index contributed by atoms with van der Waals surface area (Å²) in [6.07, 6.45) is 3.89. The van der Waals surface area contributed by atoms with Crippen LogP contribution in [0.5, 0.6) is 0 Å². The van der Waals surface area contributed by atoms with E-state index in [0.717, 1.165) is 35.6 Å². The van der Waals surface area contributed by atoms with Crippen molar-refractivity contribution in [1.29, 1.82) is 0 Å². The average Bonchev–Trinajstić information content (AvgIpc) is 3.44. The summed E-state index contributed by atoms with van der Waals surface area (Å²) in [5, 5.41) is 3.83. The van der Waals surface area contributed by atoms with E-state index in [4.69, 9.17) is 23.2 Å². The van der Waals surface area contributed by atoms with Gasteiger partial charge in [0.15, 0.2) is 0 Å². The summed E-state index contributed by atoms with van der Waals surface area (Å²) in [5.74, 6) is -0.840. The molecule has 3 aromatic carbocycles. The molecule has 1 aliphatic carbocycles. The summed E-state index contributed by atoms with van der Waals surface area (Å²) < 4.78 is 28.8. The minimum absolute atomic E-state index is 0.0335. The molecule has 2 amide bonds. The molecule has 0 aliphatic heterocycles. The first-order valence-electron chi connectivity index (χ1n) is 13.2. The third kappa shape index (κ3) is 7.16. The molecule has 4 rings (SSSR count). The Labute approximate surface area is 246 Å². The smallest absolute Gasteiger partial charge is 0.264 e. The molecule has 0 radical (unpaired) electrons. The fourth-order valence-corrected chi connectivity index (χ4v) is 6.57. The van der Waals surface area contributed by atoms with Crippen LogP contribution in [0.4, 0.5) is 5.69 Å². The highest BCUT2D eigenvalue weighted by Crippen LogP contribution is 2.28. The molecule has 0 aromatic heterocycles. The number of nitrogens with one attached hydrogen (secondary N) is 1. The van der Waals surface area contributed by atoms with Gasteiger partial charge in [0.25, 0.3) is 10.0 Å². The molecule has 10 heteroatoms.